The summed E-state index contributed by atoms with van der Waals surface area (Å²) in [6, 6.07) is 10.8. The first-order chi connectivity index (χ1) is 18.8. The number of benzene rings is 2. The molecular weight excluding hydrogens is 500 g/mol. The van der Waals surface area contributed by atoms with Gasteiger partial charge in [0.05, 0.1) is 5.92 Å². The fraction of sp³-hybridized carbons (Fsp3) is 0.345. The van der Waals surface area contributed by atoms with Crippen LogP contribution in [0.1, 0.15) is 6.42 Å². The summed E-state index contributed by atoms with van der Waals surface area (Å²) in [5.74, 6) is -0.554. The Hall–Kier alpha value is -4.05. The monoisotopic (exact) mass is 531 g/mol. The Morgan fingerprint density at radius 1 is 1.03 bits per heavy atom. The summed E-state index contributed by atoms with van der Waals surface area (Å²) in [6.45, 7) is 3.43. The Morgan fingerprint density at radius 3 is 2.59 bits per heavy atom. The average Bonchev–Trinajstić information content (AvgIpc) is 3.51. The van der Waals surface area contributed by atoms with E-state index in [0.29, 0.717) is 22.6 Å². The molecule has 2 fully saturated rings. The molecular formula is C29H31F2N7O. The Kier molecular flexibility index (Phi) is 6.64. The van der Waals surface area contributed by atoms with E-state index in [2.05, 4.69) is 44.6 Å². The van der Waals surface area contributed by atoms with Crippen molar-refractivity contribution in [2.45, 2.75) is 12.5 Å². The fourth-order valence-electron chi connectivity index (χ4n) is 6.01. The second-order valence-electron chi connectivity index (χ2n) is 10.6. The second-order valence-corrected chi connectivity index (χ2v) is 10.6. The number of amides is 1. The van der Waals surface area contributed by atoms with Crippen LogP contribution in [-0.4, -0.2) is 60.0 Å². The molecule has 8 nitrogen and oxygen atoms in total. The number of fused-ring (bicyclic) bond motifs is 2. The third-order valence-corrected chi connectivity index (χ3v) is 8.02. The molecule has 3 aliphatic rings. The molecule has 0 unspecified atom stereocenters. The Morgan fingerprint density at radius 2 is 1.82 bits per heavy atom. The zero-order chi connectivity index (χ0) is 27.1. The number of hydrogen-bond donors (Lipinski definition) is 3. The number of nitrogens with two attached hydrogens (primary N) is 1. The molecule has 2 aromatic carbocycles. The second kappa shape index (κ2) is 10.3. The molecule has 6 rings (SSSR count). The number of nitrogens with one attached hydrogen (secondary N) is 2. The van der Waals surface area contributed by atoms with Crippen molar-refractivity contribution >= 4 is 29.0 Å². The maximum absolute atomic E-state index is 14.6. The van der Waals surface area contributed by atoms with Crippen LogP contribution in [-0.2, 0) is 4.79 Å². The number of likely N-dealkylation sites (N-methyl/N-ethyl adjacent to an activating group) is 1. The molecule has 10 heteroatoms. The lowest BCUT2D eigenvalue weighted by atomic mass is 9.88. The van der Waals surface area contributed by atoms with Gasteiger partial charge in [0.2, 0.25) is 11.9 Å². The molecule has 39 heavy (non-hydrogen) atoms. The van der Waals surface area contributed by atoms with Gasteiger partial charge in [-0.25, -0.2) is 13.8 Å². The molecule has 3 aromatic rings. The van der Waals surface area contributed by atoms with Gasteiger partial charge < -0.3 is 26.2 Å². The summed E-state index contributed by atoms with van der Waals surface area (Å²) >= 11 is 0. The minimum atomic E-state index is -0.380. The predicted molar refractivity (Wildman–Crippen MR) is 148 cm³/mol. The zero-order valence-corrected chi connectivity index (χ0v) is 21.6. The van der Waals surface area contributed by atoms with Crippen LogP contribution in [0.4, 0.5) is 31.9 Å². The van der Waals surface area contributed by atoms with Gasteiger partial charge in [-0.05, 0) is 61.2 Å². The summed E-state index contributed by atoms with van der Waals surface area (Å²) in [4.78, 5) is 25.9. The molecule has 2 bridgehead atoms. The van der Waals surface area contributed by atoms with E-state index < -0.39 is 0 Å². The van der Waals surface area contributed by atoms with E-state index in [1.165, 1.54) is 24.3 Å². The smallest absolute Gasteiger partial charge is 0.229 e. The summed E-state index contributed by atoms with van der Waals surface area (Å²) in [6.07, 6.45) is 6.61. The van der Waals surface area contributed by atoms with Gasteiger partial charge in [0, 0.05) is 55.4 Å². The molecule has 0 spiro atoms. The lowest BCUT2D eigenvalue weighted by Crippen LogP contribution is -2.44. The van der Waals surface area contributed by atoms with E-state index in [4.69, 9.17) is 10.7 Å². The number of primary amides is 1. The molecule has 1 amide bonds. The van der Waals surface area contributed by atoms with Gasteiger partial charge in [-0.15, -0.1) is 0 Å². The van der Waals surface area contributed by atoms with Gasteiger partial charge in [-0.3, -0.25) is 4.79 Å². The first kappa shape index (κ1) is 25.2. The maximum atomic E-state index is 14.6. The molecule has 1 saturated carbocycles. The molecule has 4 N–H and O–H groups in total. The fourth-order valence-corrected chi connectivity index (χ4v) is 6.01. The van der Waals surface area contributed by atoms with Crippen molar-refractivity contribution in [1.82, 2.24) is 14.9 Å². The Balaban J connectivity index is 1.32. The van der Waals surface area contributed by atoms with Crippen LogP contribution in [0.5, 0.6) is 0 Å². The highest BCUT2D eigenvalue weighted by Crippen LogP contribution is 2.45. The number of anilines is 4. The van der Waals surface area contributed by atoms with Crippen LogP contribution in [0, 0.1) is 29.4 Å². The summed E-state index contributed by atoms with van der Waals surface area (Å²) in [7, 11) is 2.07. The zero-order valence-electron chi connectivity index (χ0n) is 21.6. The number of aromatic nitrogens is 2. The maximum Gasteiger partial charge on any atom is 0.229 e. The quantitative estimate of drug-likeness (QED) is 0.396. The molecule has 0 radical (unpaired) electrons. The molecule has 1 aliphatic heterocycles. The average molecular weight is 532 g/mol. The number of nitrogens with zero attached hydrogens (tertiary/aromatic N) is 4. The Labute approximate surface area is 225 Å². The number of carbonyl (C=O) groups excluding carboxylic acids is 1. The van der Waals surface area contributed by atoms with Gasteiger partial charge in [-0.2, -0.15) is 4.98 Å². The first-order valence-corrected chi connectivity index (χ1v) is 13.2. The van der Waals surface area contributed by atoms with Crippen molar-refractivity contribution in [3.05, 3.63) is 72.4 Å². The highest BCUT2D eigenvalue weighted by Gasteiger charge is 2.47. The van der Waals surface area contributed by atoms with Crippen LogP contribution in [0.15, 0.2) is 60.8 Å². The largest absolute Gasteiger partial charge is 0.369 e. The van der Waals surface area contributed by atoms with Crippen LogP contribution in [0.3, 0.4) is 0 Å². The molecule has 2 heterocycles. The lowest BCUT2D eigenvalue weighted by molar-refractivity contribution is -0.122. The van der Waals surface area contributed by atoms with E-state index in [1.54, 1.807) is 18.3 Å². The number of carbonyl (C=O) groups is 1. The minimum absolute atomic E-state index is 0.0855. The van der Waals surface area contributed by atoms with Crippen LogP contribution in [0.25, 0.3) is 11.1 Å². The van der Waals surface area contributed by atoms with Crippen molar-refractivity contribution in [3.63, 3.8) is 0 Å². The highest BCUT2D eigenvalue weighted by atomic mass is 19.1. The normalized spacial score (nSPS) is 24.2. The number of piperazine rings is 1. The van der Waals surface area contributed by atoms with E-state index in [0.717, 1.165) is 38.3 Å². The van der Waals surface area contributed by atoms with Gasteiger partial charge in [0.15, 0.2) is 0 Å². The van der Waals surface area contributed by atoms with Crippen molar-refractivity contribution in [2.75, 3.05) is 48.8 Å². The molecule has 1 saturated heterocycles. The van der Waals surface area contributed by atoms with E-state index in [-0.39, 0.29) is 47.3 Å². The predicted octanol–water partition coefficient (Wildman–Crippen LogP) is 4.01. The first-order valence-electron chi connectivity index (χ1n) is 13.2. The van der Waals surface area contributed by atoms with Crippen molar-refractivity contribution in [1.29, 1.82) is 0 Å². The van der Waals surface area contributed by atoms with E-state index in [9.17, 15) is 13.6 Å². The Bertz CT molecular complexity index is 1420. The van der Waals surface area contributed by atoms with Crippen LogP contribution in [0.2, 0.25) is 0 Å². The summed E-state index contributed by atoms with van der Waals surface area (Å²) in [5.41, 5.74) is 8.28. The summed E-state index contributed by atoms with van der Waals surface area (Å²) in [5, 5.41) is 6.58. The lowest BCUT2D eigenvalue weighted by Gasteiger charge is -2.34. The van der Waals surface area contributed by atoms with Crippen molar-refractivity contribution in [3.8, 4) is 11.1 Å². The molecule has 4 atom stereocenters. The van der Waals surface area contributed by atoms with Gasteiger partial charge in [0.25, 0.3) is 0 Å². The third kappa shape index (κ3) is 5.16. The van der Waals surface area contributed by atoms with Gasteiger partial charge in [-0.1, -0.05) is 24.3 Å². The summed E-state index contributed by atoms with van der Waals surface area (Å²) < 4.78 is 28.7. The number of allylic oxidation sites excluding steroid dienone is 1. The van der Waals surface area contributed by atoms with Crippen LogP contribution < -0.4 is 21.3 Å². The molecule has 1 aromatic heterocycles. The number of hydrogen-bond acceptors (Lipinski definition) is 7. The van der Waals surface area contributed by atoms with Crippen molar-refractivity contribution in [2.24, 2.45) is 23.5 Å². The van der Waals surface area contributed by atoms with Crippen LogP contribution >= 0.6 is 0 Å². The topological polar surface area (TPSA) is 99.4 Å². The van der Waals surface area contributed by atoms with E-state index in [1.807, 2.05) is 6.07 Å². The third-order valence-electron chi connectivity index (χ3n) is 8.02. The highest BCUT2D eigenvalue weighted by molar-refractivity contribution is 5.81. The SMILES string of the molecule is CN1CCN(c2cc(F)cc(Nc3ncc(-c4cccc(F)c4)c(N[C@H]4[C@@H](C(N)=O)[C@@H]5C=C[C@H]4C5)n3)c2)CC1. The van der Waals surface area contributed by atoms with Crippen molar-refractivity contribution < 1.29 is 13.6 Å². The minimum Gasteiger partial charge on any atom is -0.369 e. The van der Waals surface area contributed by atoms with E-state index >= 15 is 0 Å². The number of halogens is 2. The molecule has 202 valence electrons. The standard InChI is InChI=1S/C29H31F2N7O/c1-37-7-9-38(10-8-37)23-14-21(31)13-22(15-23)34-29-33-16-24(17-3-2-4-20(30)12-17)28(36-29)35-26-19-6-5-18(11-19)25(26)27(32)39/h2-6,12-16,18-19,25-26H,7-11H2,1H3,(H2,32,39)(H2,33,34,35,36)/t18-,19+,25+,26-/m1/s1. The van der Waals surface area contributed by atoms with Gasteiger partial charge in [0.1, 0.15) is 17.5 Å². The van der Waals surface area contributed by atoms with Gasteiger partial charge >= 0.3 is 0 Å². The molecule has 2 aliphatic carbocycles. The number of rotatable bonds is 7.